The van der Waals surface area contributed by atoms with Crippen LogP contribution in [0.2, 0.25) is 10.0 Å². The van der Waals surface area contributed by atoms with Crippen molar-refractivity contribution in [1.82, 2.24) is 9.55 Å². The van der Waals surface area contributed by atoms with Crippen molar-refractivity contribution in [3.63, 3.8) is 0 Å². The zero-order chi connectivity index (χ0) is 17.4. The standard InChI is InChI=1S/C16H16Cl4N2O2/c17-13-9-12(23-8-3-15(19)20)10-14(18)16(13)24-7-2-1-5-22-6-4-21-11-22/h3-4,6,9-11H,1-2,5,7-8H2. The second-order valence-electron chi connectivity index (χ2n) is 4.88. The molecule has 0 amide bonds. The van der Waals surface area contributed by atoms with Crippen LogP contribution in [0.1, 0.15) is 12.8 Å². The Morgan fingerprint density at radius 3 is 2.50 bits per heavy atom. The topological polar surface area (TPSA) is 36.3 Å². The van der Waals surface area contributed by atoms with E-state index in [1.165, 1.54) is 6.08 Å². The van der Waals surface area contributed by atoms with Gasteiger partial charge in [0.25, 0.3) is 0 Å². The number of halogens is 4. The first-order valence-corrected chi connectivity index (χ1v) is 8.79. The number of benzene rings is 1. The maximum atomic E-state index is 6.20. The number of unbranched alkanes of at least 4 members (excludes halogenated alkanes) is 1. The van der Waals surface area contributed by atoms with Gasteiger partial charge in [-0.05, 0) is 18.9 Å². The van der Waals surface area contributed by atoms with Gasteiger partial charge in [0.05, 0.1) is 23.0 Å². The van der Waals surface area contributed by atoms with Crippen LogP contribution in [0.4, 0.5) is 0 Å². The minimum absolute atomic E-state index is 0.142. The Morgan fingerprint density at radius 1 is 1.12 bits per heavy atom. The molecule has 2 rings (SSSR count). The highest BCUT2D eigenvalue weighted by atomic mass is 35.5. The summed E-state index contributed by atoms with van der Waals surface area (Å²) in [7, 11) is 0. The number of nitrogens with zero attached hydrogens (tertiary/aromatic N) is 2. The Labute approximate surface area is 160 Å². The lowest BCUT2D eigenvalue weighted by molar-refractivity contribution is 0.302. The molecule has 1 aromatic carbocycles. The Hall–Kier alpha value is -1.07. The lowest BCUT2D eigenvalue weighted by atomic mass is 10.3. The highest BCUT2D eigenvalue weighted by Crippen LogP contribution is 2.37. The van der Waals surface area contributed by atoms with Crippen molar-refractivity contribution >= 4 is 46.4 Å². The van der Waals surface area contributed by atoms with E-state index in [0.717, 1.165) is 19.4 Å². The molecule has 0 saturated heterocycles. The smallest absolute Gasteiger partial charge is 0.156 e. The first kappa shape index (κ1) is 19.3. The molecule has 2 aromatic rings. The molecule has 24 heavy (non-hydrogen) atoms. The molecular weight excluding hydrogens is 394 g/mol. The third-order valence-corrected chi connectivity index (χ3v) is 3.95. The van der Waals surface area contributed by atoms with Gasteiger partial charge in [-0.2, -0.15) is 0 Å². The van der Waals surface area contributed by atoms with Crippen molar-refractivity contribution in [2.24, 2.45) is 0 Å². The molecule has 0 atom stereocenters. The van der Waals surface area contributed by atoms with E-state index in [-0.39, 0.29) is 11.1 Å². The van der Waals surface area contributed by atoms with Crippen molar-refractivity contribution in [3.8, 4) is 11.5 Å². The van der Waals surface area contributed by atoms with E-state index in [0.29, 0.717) is 28.2 Å². The van der Waals surface area contributed by atoms with Gasteiger partial charge in [-0.25, -0.2) is 4.98 Å². The predicted molar refractivity (Wildman–Crippen MR) is 98.7 cm³/mol. The van der Waals surface area contributed by atoms with Gasteiger partial charge in [0, 0.05) is 31.1 Å². The molecule has 0 aliphatic heterocycles. The summed E-state index contributed by atoms with van der Waals surface area (Å²) in [6.45, 7) is 1.65. The lowest BCUT2D eigenvalue weighted by Gasteiger charge is -2.12. The first-order valence-electron chi connectivity index (χ1n) is 7.28. The van der Waals surface area contributed by atoms with Crippen molar-refractivity contribution in [2.45, 2.75) is 19.4 Å². The molecule has 0 radical (unpaired) electrons. The van der Waals surface area contributed by atoms with E-state index in [1.807, 2.05) is 10.8 Å². The summed E-state index contributed by atoms with van der Waals surface area (Å²) >= 11 is 23.4. The highest BCUT2D eigenvalue weighted by molar-refractivity contribution is 6.55. The number of ether oxygens (including phenoxy) is 2. The average molecular weight is 410 g/mol. The molecule has 8 heteroatoms. The summed E-state index contributed by atoms with van der Waals surface area (Å²) in [6, 6.07) is 3.29. The van der Waals surface area contributed by atoms with E-state index in [4.69, 9.17) is 55.9 Å². The molecule has 4 nitrogen and oxygen atoms in total. The normalized spacial score (nSPS) is 10.5. The van der Waals surface area contributed by atoms with Crippen molar-refractivity contribution in [2.75, 3.05) is 13.2 Å². The number of rotatable bonds is 9. The number of aromatic nitrogens is 2. The fourth-order valence-electron chi connectivity index (χ4n) is 1.95. The molecule has 0 aliphatic rings. The van der Waals surface area contributed by atoms with Gasteiger partial charge in [-0.15, -0.1) is 0 Å². The summed E-state index contributed by atoms with van der Waals surface area (Å²) in [5.74, 6) is 0.975. The van der Waals surface area contributed by atoms with Gasteiger partial charge in [0.15, 0.2) is 5.75 Å². The number of imidazole rings is 1. The largest absolute Gasteiger partial charge is 0.490 e. The summed E-state index contributed by atoms with van der Waals surface area (Å²) in [6.07, 6.45) is 8.85. The van der Waals surface area contributed by atoms with Crippen LogP contribution in [0.5, 0.6) is 11.5 Å². The fraction of sp³-hybridized carbons (Fsp3) is 0.312. The van der Waals surface area contributed by atoms with Crippen molar-refractivity contribution in [1.29, 1.82) is 0 Å². The maximum Gasteiger partial charge on any atom is 0.156 e. The van der Waals surface area contributed by atoms with E-state index in [1.54, 1.807) is 24.7 Å². The number of hydrogen-bond acceptors (Lipinski definition) is 3. The quantitative estimate of drug-likeness (QED) is 0.495. The SMILES string of the molecule is ClC(Cl)=CCOc1cc(Cl)c(OCCCCn2ccnc2)c(Cl)c1. The lowest BCUT2D eigenvalue weighted by Crippen LogP contribution is -2.02. The molecule has 1 heterocycles. The predicted octanol–water partition coefficient (Wildman–Crippen LogP) is 5.75. The van der Waals surface area contributed by atoms with E-state index in [2.05, 4.69) is 4.98 Å². The first-order chi connectivity index (χ1) is 11.6. The monoisotopic (exact) mass is 408 g/mol. The van der Waals surface area contributed by atoms with Gasteiger partial charge in [0.2, 0.25) is 0 Å². The van der Waals surface area contributed by atoms with E-state index < -0.39 is 0 Å². The van der Waals surface area contributed by atoms with E-state index in [9.17, 15) is 0 Å². The molecular formula is C16H16Cl4N2O2. The van der Waals surface area contributed by atoms with Gasteiger partial charge >= 0.3 is 0 Å². The van der Waals surface area contributed by atoms with Gasteiger partial charge < -0.3 is 14.0 Å². The van der Waals surface area contributed by atoms with Crippen LogP contribution in [-0.4, -0.2) is 22.8 Å². The molecule has 0 aliphatic carbocycles. The third-order valence-electron chi connectivity index (χ3n) is 3.08. The Morgan fingerprint density at radius 2 is 1.88 bits per heavy atom. The molecule has 0 spiro atoms. The highest BCUT2D eigenvalue weighted by Gasteiger charge is 2.10. The number of aryl methyl sites for hydroxylation is 1. The second-order valence-corrected chi connectivity index (χ2v) is 6.70. The van der Waals surface area contributed by atoms with Gasteiger partial charge in [0.1, 0.15) is 16.8 Å². The molecule has 0 bridgehead atoms. The Balaban J connectivity index is 1.80. The molecule has 0 unspecified atom stereocenters. The van der Waals surface area contributed by atoms with Crippen LogP contribution in [0, 0.1) is 0 Å². The minimum Gasteiger partial charge on any atom is -0.490 e. The maximum absolute atomic E-state index is 6.20. The van der Waals surface area contributed by atoms with Crippen LogP contribution in [0.15, 0.2) is 41.4 Å². The van der Waals surface area contributed by atoms with Crippen LogP contribution >= 0.6 is 46.4 Å². The summed E-state index contributed by atoms with van der Waals surface area (Å²) in [4.78, 5) is 4.00. The summed E-state index contributed by atoms with van der Waals surface area (Å²) < 4.78 is 13.3. The average Bonchev–Trinajstić information content (AvgIpc) is 3.02. The molecule has 0 saturated carbocycles. The molecule has 130 valence electrons. The van der Waals surface area contributed by atoms with Gasteiger partial charge in [-0.1, -0.05) is 46.4 Å². The van der Waals surface area contributed by atoms with E-state index >= 15 is 0 Å². The molecule has 0 N–H and O–H groups in total. The second kappa shape index (κ2) is 10.0. The van der Waals surface area contributed by atoms with Crippen LogP contribution in [-0.2, 0) is 6.54 Å². The minimum atomic E-state index is 0.142. The van der Waals surface area contributed by atoms with Crippen LogP contribution in [0.25, 0.3) is 0 Å². The number of hydrogen-bond donors (Lipinski definition) is 0. The fourth-order valence-corrected chi connectivity index (χ4v) is 2.65. The summed E-state index contributed by atoms with van der Waals surface area (Å²) in [5, 5.41) is 0.793. The van der Waals surface area contributed by atoms with Crippen LogP contribution in [0.3, 0.4) is 0 Å². The zero-order valence-corrected chi connectivity index (χ0v) is 15.7. The third kappa shape index (κ3) is 6.44. The molecule has 0 fully saturated rings. The van der Waals surface area contributed by atoms with Gasteiger partial charge in [-0.3, -0.25) is 0 Å². The van der Waals surface area contributed by atoms with Crippen molar-refractivity contribution in [3.05, 3.63) is 51.5 Å². The molecule has 1 aromatic heterocycles. The zero-order valence-electron chi connectivity index (χ0n) is 12.7. The summed E-state index contributed by atoms with van der Waals surface area (Å²) in [5.41, 5.74) is 0. The van der Waals surface area contributed by atoms with Crippen LogP contribution < -0.4 is 9.47 Å². The Bertz CT molecular complexity index is 648. The Kier molecular flexibility index (Phi) is 8.06. The van der Waals surface area contributed by atoms with Crippen molar-refractivity contribution < 1.29 is 9.47 Å².